The quantitative estimate of drug-likeness (QED) is 0.777. The molecule has 1 aromatic carbocycles. The summed E-state index contributed by atoms with van der Waals surface area (Å²) < 4.78 is 0. The highest BCUT2D eigenvalue weighted by atomic mass is 16.1. The van der Waals surface area contributed by atoms with Crippen molar-refractivity contribution in [2.24, 2.45) is 5.73 Å². The van der Waals surface area contributed by atoms with Gasteiger partial charge in [0.25, 0.3) is 0 Å². The molecule has 4 heteroatoms. The average molecular weight is 261 g/mol. The van der Waals surface area contributed by atoms with Gasteiger partial charge in [-0.1, -0.05) is 0 Å². The third kappa shape index (κ3) is 3.47. The molecule has 0 unspecified atom stereocenters. The lowest BCUT2D eigenvalue weighted by Crippen LogP contribution is -2.34. The number of rotatable bonds is 4. The van der Waals surface area contributed by atoms with E-state index < -0.39 is 0 Å². The number of carbonyl (C=O) groups is 1. The summed E-state index contributed by atoms with van der Waals surface area (Å²) >= 11 is 0. The van der Waals surface area contributed by atoms with Crippen LogP contribution in [-0.4, -0.2) is 25.0 Å². The highest BCUT2D eigenvalue weighted by Crippen LogP contribution is 2.23. The van der Waals surface area contributed by atoms with Gasteiger partial charge in [0.15, 0.2) is 0 Å². The van der Waals surface area contributed by atoms with Gasteiger partial charge in [0.05, 0.1) is 0 Å². The fourth-order valence-corrected chi connectivity index (χ4v) is 2.79. The molecule has 2 rings (SSSR count). The number of benzene rings is 1. The van der Waals surface area contributed by atoms with E-state index in [2.05, 4.69) is 10.6 Å². The molecule has 0 spiro atoms. The fourth-order valence-electron chi connectivity index (χ4n) is 2.79. The van der Waals surface area contributed by atoms with Crippen LogP contribution in [0.5, 0.6) is 0 Å². The van der Waals surface area contributed by atoms with Gasteiger partial charge in [-0.25, -0.2) is 0 Å². The predicted octanol–water partition coefficient (Wildman–Crippen LogP) is 2.04. The van der Waals surface area contributed by atoms with Crippen LogP contribution in [0.25, 0.3) is 0 Å². The van der Waals surface area contributed by atoms with Crippen molar-refractivity contribution >= 4 is 11.6 Å². The maximum atomic E-state index is 11.2. The molecule has 0 heterocycles. The van der Waals surface area contributed by atoms with Crippen LogP contribution in [0.4, 0.5) is 5.69 Å². The van der Waals surface area contributed by atoms with Crippen molar-refractivity contribution in [3.8, 4) is 0 Å². The summed E-state index contributed by atoms with van der Waals surface area (Å²) in [6.07, 6.45) is 4.79. The molecule has 19 heavy (non-hydrogen) atoms. The second-order valence-electron chi connectivity index (χ2n) is 5.38. The van der Waals surface area contributed by atoms with Crippen molar-refractivity contribution in [3.05, 3.63) is 29.3 Å². The molecule has 0 radical (unpaired) electrons. The van der Waals surface area contributed by atoms with Gasteiger partial charge in [-0.15, -0.1) is 0 Å². The minimum absolute atomic E-state index is 0.362. The van der Waals surface area contributed by atoms with Crippen molar-refractivity contribution in [1.29, 1.82) is 0 Å². The summed E-state index contributed by atoms with van der Waals surface area (Å²) in [5.41, 5.74) is 7.93. The van der Waals surface area contributed by atoms with E-state index in [-0.39, 0.29) is 5.91 Å². The zero-order chi connectivity index (χ0) is 13.8. The Morgan fingerprint density at radius 2 is 1.84 bits per heavy atom. The molecule has 0 aliphatic heterocycles. The van der Waals surface area contributed by atoms with E-state index in [0.717, 1.165) is 11.3 Å². The van der Waals surface area contributed by atoms with Gasteiger partial charge in [0.2, 0.25) is 5.91 Å². The standard InChI is InChI=1S/C15H23N3O/c1-10-9-13(7-8-14(10)15(16)19)18-12-5-3-11(17-2)4-6-12/h7-9,11-12,17-18H,3-6H2,1-2H3,(H2,16,19). The number of aryl methyl sites for hydroxylation is 1. The lowest BCUT2D eigenvalue weighted by molar-refractivity contribution is 0.1000. The van der Waals surface area contributed by atoms with Crippen LogP contribution in [0.15, 0.2) is 18.2 Å². The van der Waals surface area contributed by atoms with Crippen molar-refractivity contribution < 1.29 is 4.79 Å². The maximum Gasteiger partial charge on any atom is 0.248 e. The first-order chi connectivity index (χ1) is 9.10. The monoisotopic (exact) mass is 261 g/mol. The predicted molar refractivity (Wildman–Crippen MR) is 78.4 cm³/mol. The number of amides is 1. The van der Waals surface area contributed by atoms with E-state index in [0.29, 0.717) is 17.6 Å². The number of anilines is 1. The van der Waals surface area contributed by atoms with Crippen LogP contribution in [0.3, 0.4) is 0 Å². The molecule has 4 nitrogen and oxygen atoms in total. The Hall–Kier alpha value is -1.55. The van der Waals surface area contributed by atoms with E-state index in [1.807, 2.05) is 26.1 Å². The zero-order valence-corrected chi connectivity index (χ0v) is 11.7. The molecule has 1 aliphatic carbocycles. The summed E-state index contributed by atoms with van der Waals surface area (Å²) in [4.78, 5) is 11.2. The number of hydrogen-bond acceptors (Lipinski definition) is 3. The molecule has 4 N–H and O–H groups in total. The number of hydrogen-bond donors (Lipinski definition) is 3. The lowest BCUT2D eigenvalue weighted by atomic mass is 9.91. The summed E-state index contributed by atoms with van der Waals surface area (Å²) in [6.45, 7) is 1.92. The minimum atomic E-state index is -0.362. The third-order valence-corrected chi connectivity index (χ3v) is 4.00. The maximum absolute atomic E-state index is 11.2. The lowest BCUT2D eigenvalue weighted by Gasteiger charge is -2.29. The molecule has 1 fully saturated rings. The van der Waals surface area contributed by atoms with Gasteiger partial charge in [0.1, 0.15) is 0 Å². The Labute approximate surface area is 114 Å². The number of carbonyl (C=O) groups excluding carboxylic acids is 1. The first-order valence-corrected chi connectivity index (χ1v) is 6.94. The molecule has 0 bridgehead atoms. The smallest absolute Gasteiger partial charge is 0.248 e. The summed E-state index contributed by atoms with van der Waals surface area (Å²) in [5, 5.41) is 6.89. The first-order valence-electron chi connectivity index (χ1n) is 6.94. The van der Waals surface area contributed by atoms with Gasteiger partial charge >= 0.3 is 0 Å². The van der Waals surface area contributed by atoms with Crippen LogP contribution in [0.1, 0.15) is 41.6 Å². The Balaban J connectivity index is 1.97. The Morgan fingerprint density at radius 3 is 2.37 bits per heavy atom. The second kappa shape index (κ2) is 6.06. The van der Waals surface area contributed by atoms with E-state index in [9.17, 15) is 4.79 Å². The summed E-state index contributed by atoms with van der Waals surface area (Å²) in [7, 11) is 2.03. The summed E-state index contributed by atoms with van der Waals surface area (Å²) in [5.74, 6) is -0.362. The Morgan fingerprint density at radius 1 is 1.21 bits per heavy atom. The number of nitrogens with two attached hydrogens (primary N) is 1. The van der Waals surface area contributed by atoms with E-state index in [1.54, 1.807) is 6.07 Å². The molecule has 0 aromatic heterocycles. The van der Waals surface area contributed by atoms with Crippen molar-refractivity contribution in [2.45, 2.75) is 44.7 Å². The molecule has 0 saturated heterocycles. The van der Waals surface area contributed by atoms with Gasteiger partial charge in [0, 0.05) is 23.3 Å². The summed E-state index contributed by atoms with van der Waals surface area (Å²) in [6, 6.07) is 6.95. The normalized spacial score (nSPS) is 23.1. The van der Waals surface area contributed by atoms with Crippen molar-refractivity contribution in [3.63, 3.8) is 0 Å². The van der Waals surface area contributed by atoms with Gasteiger partial charge in [-0.2, -0.15) is 0 Å². The number of primary amides is 1. The van der Waals surface area contributed by atoms with E-state index in [1.165, 1.54) is 25.7 Å². The molecular formula is C15H23N3O. The molecular weight excluding hydrogens is 238 g/mol. The second-order valence-corrected chi connectivity index (χ2v) is 5.38. The molecule has 104 valence electrons. The van der Waals surface area contributed by atoms with Crippen LogP contribution in [0, 0.1) is 6.92 Å². The molecule has 1 amide bonds. The highest BCUT2D eigenvalue weighted by Gasteiger charge is 2.19. The van der Waals surface area contributed by atoms with E-state index >= 15 is 0 Å². The minimum Gasteiger partial charge on any atom is -0.382 e. The SMILES string of the molecule is CNC1CCC(Nc2ccc(C(N)=O)c(C)c2)CC1. The van der Waals surface area contributed by atoms with Crippen LogP contribution in [-0.2, 0) is 0 Å². The van der Waals surface area contributed by atoms with Crippen LogP contribution >= 0.6 is 0 Å². The molecule has 1 aliphatic rings. The Bertz CT molecular complexity index is 451. The first kappa shape index (κ1) is 13.9. The largest absolute Gasteiger partial charge is 0.382 e. The van der Waals surface area contributed by atoms with Gasteiger partial charge in [-0.3, -0.25) is 4.79 Å². The van der Waals surface area contributed by atoms with Gasteiger partial charge < -0.3 is 16.4 Å². The highest BCUT2D eigenvalue weighted by molar-refractivity contribution is 5.94. The molecule has 1 saturated carbocycles. The van der Waals surface area contributed by atoms with Crippen molar-refractivity contribution in [2.75, 3.05) is 12.4 Å². The van der Waals surface area contributed by atoms with Crippen LogP contribution in [0.2, 0.25) is 0 Å². The fraction of sp³-hybridized carbons (Fsp3) is 0.533. The van der Waals surface area contributed by atoms with E-state index in [4.69, 9.17) is 5.73 Å². The topological polar surface area (TPSA) is 67.2 Å². The van der Waals surface area contributed by atoms with Crippen LogP contribution < -0.4 is 16.4 Å². The number of nitrogens with one attached hydrogen (secondary N) is 2. The molecule has 0 atom stereocenters. The zero-order valence-electron chi connectivity index (χ0n) is 11.7. The third-order valence-electron chi connectivity index (χ3n) is 4.00. The van der Waals surface area contributed by atoms with Crippen molar-refractivity contribution in [1.82, 2.24) is 5.32 Å². The van der Waals surface area contributed by atoms with Gasteiger partial charge in [-0.05, 0) is 63.4 Å². The Kier molecular flexibility index (Phi) is 4.43. The average Bonchev–Trinajstić information content (AvgIpc) is 2.39. The molecule has 1 aromatic rings.